The SMILES string of the molecule is COc1cccc(OC)c1-c1ccc(C[C@H](NCC2(S(C)(=O)=O)CCCNC2)C(=O)O)cc1. The minimum absolute atomic E-state index is 0.0896. The molecule has 1 aliphatic heterocycles. The molecule has 2 aromatic carbocycles. The maximum Gasteiger partial charge on any atom is 0.321 e. The van der Waals surface area contributed by atoms with Crippen LogP contribution in [0.2, 0.25) is 0 Å². The van der Waals surface area contributed by atoms with Crippen molar-refractivity contribution in [2.75, 3.05) is 40.1 Å². The van der Waals surface area contributed by atoms with E-state index in [4.69, 9.17) is 9.47 Å². The van der Waals surface area contributed by atoms with Crippen LogP contribution in [0.15, 0.2) is 42.5 Å². The van der Waals surface area contributed by atoms with E-state index in [2.05, 4.69) is 10.6 Å². The summed E-state index contributed by atoms with van der Waals surface area (Å²) in [5.41, 5.74) is 2.53. The number of rotatable bonds is 10. The fraction of sp³-hybridized carbons (Fsp3) is 0.458. The first kappa shape index (κ1) is 25.0. The first-order valence-corrected chi connectivity index (χ1v) is 12.8. The molecule has 0 bridgehead atoms. The number of sulfone groups is 1. The number of hydrogen-bond acceptors (Lipinski definition) is 7. The quantitative estimate of drug-likeness (QED) is 0.478. The summed E-state index contributed by atoms with van der Waals surface area (Å²) in [6.45, 7) is 1.18. The van der Waals surface area contributed by atoms with Crippen LogP contribution in [-0.2, 0) is 21.1 Å². The Morgan fingerprint density at radius 3 is 2.27 bits per heavy atom. The molecule has 1 saturated heterocycles. The molecule has 0 saturated carbocycles. The van der Waals surface area contributed by atoms with Crippen LogP contribution < -0.4 is 20.1 Å². The number of carbonyl (C=O) groups is 1. The summed E-state index contributed by atoms with van der Waals surface area (Å²) in [5, 5.41) is 15.9. The van der Waals surface area contributed by atoms with Crippen molar-refractivity contribution >= 4 is 15.8 Å². The van der Waals surface area contributed by atoms with E-state index in [1.165, 1.54) is 6.26 Å². The average molecular weight is 477 g/mol. The fourth-order valence-corrected chi connectivity index (χ4v) is 5.50. The molecule has 2 atom stereocenters. The molecule has 180 valence electrons. The zero-order valence-corrected chi connectivity index (χ0v) is 20.1. The van der Waals surface area contributed by atoms with Gasteiger partial charge in [-0.25, -0.2) is 8.42 Å². The molecular weight excluding hydrogens is 444 g/mol. The zero-order chi connectivity index (χ0) is 24.1. The van der Waals surface area contributed by atoms with Gasteiger partial charge in [-0.3, -0.25) is 4.79 Å². The molecule has 33 heavy (non-hydrogen) atoms. The van der Waals surface area contributed by atoms with Gasteiger partial charge >= 0.3 is 5.97 Å². The summed E-state index contributed by atoms with van der Waals surface area (Å²) >= 11 is 0. The van der Waals surface area contributed by atoms with Gasteiger partial charge in [-0.15, -0.1) is 0 Å². The Morgan fingerprint density at radius 1 is 1.15 bits per heavy atom. The van der Waals surface area contributed by atoms with E-state index < -0.39 is 26.6 Å². The van der Waals surface area contributed by atoms with Gasteiger partial charge < -0.3 is 25.2 Å². The number of methoxy groups -OCH3 is 2. The van der Waals surface area contributed by atoms with Crippen LogP contribution in [-0.4, -0.2) is 70.4 Å². The Morgan fingerprint density at radius 2 is 1.79 bits per heavy atom. The van der Waals surface area contributed by atoms with Crippen molar-refractivity contribution in [3.8, 4) is 22.6 Å². The van der Waals surface area contributed by atoms with E-state index in [-0.39, 0.29) is 13.0 Å². The molecule has 8 nitrogen and oxygen atoms in total. The number of benzene rings is 2. The van der Waals surface area contributed by atoms with Gasteiger partial charge in [0.25, 0.3) is 0 Å². The van der Waals surface area contributed by atoms with E-state index in [1.54, 1.807) is 14.2 Å². The van der Waals surface area contributed by atoms with Crippen LogP contribution in [0.25, 0.3) is 11.1 Å². The monoisotopic (exact) mass is 476 g/mol. The number of carboxylic acid groups (broad SMARTS) is 1. The van der Waals surface area contributed by atoms with Gasteiger partial charge in [0, 0.05) is 19.3 Å². The van der Waals surface area contributed by atoms with Gasteiger partial charge in [-0.1, -0.05) is 30.3 Å². The van der Waals surface area contributed by atoms with Crippen molar-refractivity contribution in [2.24, 2.45) is 0 Å². The summed E-state index contributed by atoms with van der Waals surface area (Å²) < 4.78 is 34.9. The Labute approximate surface area is 195 Å². The molecule has 9 heteroatoms. The molecule has 0 amide bonds. The smallest absolute Gasteiger partial charge is 0.321 e. The normalized spacial score (nSPS) is 19.6. The predicted octanol–water partition coefficient (Wildman–Crippen LogP) is 2.12. The molecule has 1 heterocycles. The summed E-state index contributed by atoms with van der Waals surface area (Å²) in [4.78, 5) is 11.9. The van der Waals surface area contributed by atoms with Crippen LogP contribution in [0.4, 0.5) is 0 Å². The number of nitrogens with one attached hydrogen (secondary N) is 2. The van der Waals surface area contributed by atoms with E-state index >= 15 is 0 Å². The summed E-state index contributed by atoms with van der Waals surface area (Å²) in [7, 11) is -0.177. The molecule has 0 aromatic heterocycles. The van der Waals surface area contributed by atoms with Crippen molar-refractivity contribution in [2.45, 2.75) is 30.1 Å². The third kappa shape index (κ3) is 5.66. The van der Waals surface area contributed by atoms with Gasteiger partial charge in [0.1, 0.15) is 17.5 Å². The van der Waals surface area contributed by atoms with Crippen LogP contribution in [0, 0.1) is 0 Å². The Kier molecular flexibility index (Phi) is 7.99. The lowest BCUT2D eigenvalue weighted by atomic mass is 9.96. The summed E-state index contributed by atoms with van der Waals surface area (Å²) in [5.74, 6) is 0.344. The third-order valence-corrected chi connectivity index (χ3v) is 8.36. The lowest BCUT2D eigenvalue weighted by molar-refractivity contribution is -0.139. The van der Waals surface area contributed by atoms with E-state index in [1.807, 2.05) is 42.5 Å². The lowest BCUT2D eigenvalue weighted by Crippen LogP contribution is -2.58. The number of piperidine rings is 1. The molecule has 0 spiro atoms. The molecule has 1 fully saturated rings. The van der Waals surface area contributed by atoms with Gasteiger partial charge in [0.2, 0.25) is 0 Å². The maximum absolute atomic E-state index is 12.5. The molecule has 2 aromatic rings. The molecule has 1 aliphatic rings. The highest BCUT2D eigenvalue weighted by Crippen LogP contribution is 2.38. The molecule has 1 unspecified atom stereocenters. The molecule has 3 N–H and O–H groups in total. The van der Waals surface area contributed by atoms with E-state index in [9.17, 15) is 18.3 Å². The minimum Gasteiger partial charge on any atom is -0.496 e. The van der Waals surface area contributed by atoms with Gasteiger partial charge in [-0.2, -0.15) is 0 Å². The largest absolute Gasteiger partial charge is 0.496 e. The summed E-state index contributed by atoms with van der Waals surface area (Å²) in [6, 6.07) is 12.2. The molecule has 0 aliphatic carbocycles. The summed E-state index contributed by atoms with van der Waals surface area (Å²) in [6.07, 6.45) is 2.70. The van der Waals surface area contributed by atoms with Crippen molar-refractivity contribution in [1.29, 1.82) is 0 Å². The lowest BCUT2D eigenvalue weighted by Gasteiger charge is -2.37. The zero-order valence-electron chi connectivity index (χ0n) is 19.3. The van der Waals surface area contributed by atoms with Crippen LogP contribution in [0.1, 0.15) is 18.4 Å². The van der Waals surface area contributed by atoms with Crippen LogP contribution in [0.3, 0.4) is 0 Å². The Balaban J connectivity index is 1.77. The highest BCUT2D eigenvalue weighted by atomic mass is 32.2. The van der Waals surface area contributed by atoms with Crippen molar-refractivity contribution < 1.29 is 27.8 Å². The fourth-order valence-electron chi connectivity index (χ4n) is 4.27. The first-order chi connectivity index (χ1) is 15.7. The topological polar surface area (TPSA) is 114 Å². The number of carboxylic acids is 1. The van der Waals surface area contributed by atoms with Crippen molar-refractivity contribution in [3.63, 3.8) is 0 Å². The van der Waals surface area contributed by atoms with Crippen LogP contribution in [0.5, 0.6) is 11.5 Å². The van der Waals surface area contributed by atoms with Crippen molar-refractivity contribution in [3.05, 3.63) is 48.0 Å². The standard InChI is InChI=1S/C24H32N2O6S/c1-31-20-6-4-7-21(32-2)22(20)18-10-8-17(9-11-18)14-19(23(27)28)26-16-24(33(3,29)30)12-5-13-25-15-24/h4,6-11,19,25-26H,5,12-16H2,1-3H3,(H,27,28)/t19-,24?/m0/s1. The first-order valence-electron chi connectivity index (χ1n) is 10.9. The second-order valence-electron chi connectivity index (χ2n) is 8.45. The number of ether oxygens (including phenoxy) is 2. The average Bonchev–Trinajstić information content (AvgIpc) is 2.81. The number of hydrogen-bond donors (Lipinski definition) is 3. The maximum atomic E-state index is 12.5. The van der Waals surface area contributed by atoms with Crippen molar-refractivity contribution in [1.82, 2.24) is 10.6 Å². The van der Waals surface area contributed by atoms with Gasteiger partial charge in [0.05, 0.1) is 24.5 Å². The van der Waals surface area contributed by atoms with E-state index in [0.29, 0.717) is 24.5 Å². The van der Waals surface area contributed by atoms with Gasteiger partial charge in [0.15, 0.2) is 9.84 Å². The predicted molar refractivity (Wildman–Crippen MR) is 128 cm³/mol. The van der Waals surface area contributed by atoms with Gasteiger partial charge in [-0.05, 0) is 49.1 Å². The van der Waals surface area contributed by atoms with E-state index in [0.717, 1.165) is 29.7 Å². The molecule has 3 rings (SSSR count). The highest BCUT2D eigenvalue weighted by molar-refractivity contribution is 7.92. The Hall–Kier alpha value is -2.62. The highest BCUT2D eigenvalue weighted by Gasteiger charge is 2.42. The minimum atomic E-state index is -3.37. The molecule has 0 radical (unpaired) electrons. The second kappa shape index (κ2) is 10.5. The second-order valence-corrected chi connectivity index (χ2v) is 10.9. The Bertz CT molecular complexity index is 1040. The molecular formula is C24H32N2O6S. The third-order valence-electron chi connectivity index (χ3n) is 6.30. The van der Waals surface area contributed by atoms with Crippen LogP contribution >= 0.6 is 0 Å². The number of aliphatic carboxylic acids is 1.